The predicted molar refractivity (Wildman–Crippen MR) is 85.8 cm³/mol. The van der Waals surface area contributed by atoms with Gasteiger partial charge >= 0.3 is 0 Å². The summed E-state index contributed by atoms with van der Waals surface area (Å²) in [5.74, 6) is 1.70. The Morgan fingerprint density at radius 1 is 1.33 bits per heavy atom. The molecule has 0 radical (unpaired) electrons. The van der Waals surface area contributed by atoms with E-state index in [1.165, 1.54) is 24.1 Å². The molecule has 4 nitrogen and oxygen atoms in total. The third-order valence-electron chi connectivity index (χ3n) is 4.04. The average Bonchev–Trinajstić information content (AvgIpc) is 2.99. The highest BCUT2D eigenvalue weighted by Crippen LogP contribution is 2.28. The molecule has 0 spiro atoms. The van der Waals surface area contributed by atoms with Crippen LogP contribution >= 0.6 is 11.3 Å². The Labute approximate surface area is 129 Å². The van der Waals surface area contributed by atoms with Crippen molar-refractivity contribution in [3.63, 3.8) is 0 Å². The first-order valence-electron chi connectivity index (χ1n) is 7.41. The van der Waals surface area contributed by atoms with Gasteiger partial charge in [-0.1, -0.05) is 0 Å². The van der Waals surface area contributed by atoms with E-state index in [1.54, 1.807) is 11.3 Å². The topological polar surface area (TPSA) is 58.0 Å². The van der Waals surface area contributed by atoms with E-state index in [1.807, 2.05) is 30.7 Å². The fourth-order valence-electron chi connectivity index (χ4n) is 2.79. The zero-order chi connectivity index (χ0) is 14.9. The summed E-state index contributed by atoms with van der Waals surface area (Å²) in [6.07, 6.45) is 4.46. The van der Waals surface area contributed by atoms with Gasteiger partial charge in [-0.15, -0.1) is 0 Å². The standard InChI is InChI=1S/C16H21N3OS/c1-11-18-14-6-4-3-5-13(14)15(19-11)17-10-16(2,20)12-7-8-21-9-12/h7-9,20H,3-6,10H2,1-2H3,(H,17,18,19). The van der Waals surface area contributed by atoms with Gasteiger partial charge in [0.2, 0.25) is 0 Å². The highest BCUT2D eigenvalue weighted by atomic mass is 32.1. The molecule has 0 amide bonds. The van der Waals surface area contributed by atoms with Gasteiger partial charge in [0.1, 0.15) is 17.2 Å². The van der Waals surface area contributed by atoms with Crippen LogP contribution in [-0.4, -0.2) is 21.6 Å². The van der Waals surface area contributed by atoms with Crippen LogP contribution in [0.4, 0.5) is 5.82 Å². The van der Waals surface area contributed by atoms with Crippen LogP contribution in [0, 0.1) is 6.92 Å². The molecule has 0 bridgehead atoms. The lowest BCUT2D eigenvalue weighted by Gasteiger charge is -2.25. The first kappa shape index (κ1) is 14.5. The van der Waals surface area contributed by atoms with Crippen molar-refractivity contribution >= 4 is 17.2 Å². The van der Waals surface area contributed by atoms with E-state index < -0.39 is 5.60 Å². The van der Waals surface area contributed by atoms with E-state index in [2.05, 4.69) is 15.3 Å². The second-order valence-electron chi connectivity index (χ2n) is 5.89. The lowest BCUT2D eigenvalue weighted by atomic mass is 9.95. The molecule has 0 saturated heterocycles. The number of fused-ring (bicyclic) bond motifs is 1. The molecule has 1 unspecified atom stereocenters. The van der Waals surface area contributed by atoms with Crippen molar-refractivity contribution in [3.05, 3.63) is 39.5 Å². The maximum atomic E-state index is 10.6. The van der Waals surface area contributed by atoms with E-state index in [0.29, 0.717) is 6.54 Å². The monoisotopic (exact) mass is 303 g/mol. The number of nitrogens with zero attached hydrogens (tertiary/aromatic N) is 2. The minimum atomic E-state index is -0.888. The average molecular weight is 303 g/mol. The number of nitrogens with one attached hydrogen (secondary N) is 1. The molecule has 2 aromatic heterocycles. The second kappa shape index (κ2) is 5.73. The van der Waals surface area contributed by atoms with Crippen LogP contribution in [0.15, 0.2) is 16.8 Å². The summed E-state index contributed by atoms with van der Waals surface area (Å²) in [7, 11) is 0. The lowest BCUT2D eigenvalue weighted by Crippen LogP contribution is -2.31. The summed E-state index contributed by atoms with van der Waals surface area (Å²) in [6, 6.07) is 1.97. The molecule has 5 heteroatoms. The van der Waals surface area contributed by atoms with Crippen LogP contribution < -0.4 is 5.32 Å². The summed E-state index contributed by atoms with van der Waals surface area (Å²) in [5.41, 5.74) is 2.46. The fraction of sp³-hybridized carbons (Fsp3) is 0.500. The largest absolute Gasteiger partial charge is 0.384 e. The molecule has 0 fully saturated rings. The Hall–Kier alpha value is -1.46. The summed E-state index contributed by atoms with van der Waals surface area (Å²) >= 11 is 1.60. The molecule has 3 rings (SSSR count). The number of hydrogen-bond acceptors (Lipinski definition) is 5. The number of aromatic nitrogens is 2. The third kappa shape index (κ3) is 3.09. The SMILES string of the molecule is Cc1nc2c(c(NCC(C)(O)c3ccsc3)n1)CCCC2. The minimum absolute atomic E-state index is 0.451. The normalized spacial score (nSPS) is 17.1. The molecule has 2 N–H and O–H groups in total. The zero-order valence-corrected chi connectivity index (χ0v) is 13.3. The van der Waals surface area contributed by atoms with Crippen LogP contribution in [0.1, 0.15) is 42.4 Å². The predicted octanol–water partition coefficient (Wildman–Crippen LogP) is 3.04. The quantitative estimate of drug-likeness (QED) is 0.911. The van der Waals surface area contributed by atoms with E-state index in [9.17, 15) is 5.11 Å². The van der Waals surface area contributed by atoms with Crippen molar-refractivity contribution in [2.75, 3.05) is 11.9 Å². The van der Waals surface area contributed by atoms with Gasteiger partial charge in [0.15, 0.2) is 0 Å². The van der Waals surface area contributed by atoms with Gasteiger partial charge in [-0.05, 0) is 61.9 Å². The van der Waals surface area contributed by atoms with Gasteiger partial charge in [-0.3, -0.25) is 0 Å². The van der Waals surface area contributed by atoms with Crippen molar-refractivity contribution in [3.8, 4) is 0 Å². The molecule has 0 saturated carbocycles. The minimum Gasteiger partial charge on any atom is -0.384 e. The lowest BCUT2D eigenvalue weighted by molar-refractivity contribution is 0.0719. The molecule has 1 aliphatic rings. The van der Waals surface area contributed by atoms with E-state index in [0.717, 1.165) is 30.0 Å². The molecule has 1 aliphatic carbocycles. The zero-order valence-electron chi connectivity index (χ0n) is 12.5. The van der Waals surface area contributed by atoms with Gasteiger partial charge in [-0.25, -0.2) is 9.97 Å². The maximum absolute atomic E-state index is 10.6. The Balaban J connectivity index is 1.81. The van der Waals surface area contributed by atoms with Gasteiger partial charge in [-0.2, -0.15) is 11.3 Å². The number of hydrogen-bond donors (Lipinski definition) is 2. The van der Waals surface area contributed by atoms with Gasteiger partial charge in [0.05, 0.1) is 0 Å². The number of aryl methyl sites for hydroxylation is 2. The van der Waals surface area contributed by atoms with Crippen LogP contribution in [0.5, 0.6) is 0 Å². The summed E-state index contributed by atoms with van der Waals surface area (Å²) in [5, 5.41) is 17.9. The number of anilines is 1. The molecule has 2 heterocycles. The molecule has 2 aromatic rings. The Bertz CT molecular complexity index is 623. The Morgan fingerprint density at radius 3 is 2.90 bits per heavy atom. The van der Waals surface area contributed by atoms with Crippen molar-refractivity contribution in [1.29, 1.82) is 0 Å². The highest BCUT2D eigenvalue weighted by molar-refractivity contribution is 7.08. The first-order chi connectivity index (χ1) is 10.1. The van der Waals surface area contributed by atoms with Crippen LogP contribution in [0.3, 0.4) is 0 Å². The molecule has 1 atom stereocenters. The third-order valence-corrected chi connectivity index (χ3v) is 4.72. The van der Waals surface area contributed by atoms with Crippen molar-refractivity contribution in [1.82, 2.24) is 9.97 Å². The van der Waals surface area contributed by atoms with Crippen LogP contribution in [0.25, 0.3) is 0 Å². The van der Waals surface area contributed by atoms with E-state index in [4.69, 9.17) is 0 Å². The van der Waals surface area contributed by atoms with Crippen LogP contribution in [-0.2, 0) is 18.4 Å². The van der Waals surface area contributed by atoms with Gasteiger partial charge in [0, 0.05) is 17.8 Å². The summed E-state index contributed by atoms with van der Waals surface area (Å²) in [6.45, 7) is 4.21. The fourth-order valence-corrected chi connectivity index (χ4v) is 3.58. The molecular weight excluding hydrogens is 282 g/mol. The summed E-state index contributed by atoms with van der Waals surface area (Å²) < 4.78 is 0. The molecule has 112 valence electrons. The van der Waals surface area contributed by atoms with Crippen molar-refractivity contribution in [2.45, 2.75) is 45.1 Å². The number of rotatable bonds is 4. The smallest absolute Gasteiger partial charge is 0.133 e. The van der Waals surface area contributed by atoms with E-state index >= 15 is 0 Å². The summed E-state index contributed by atoms with van der Waals surface area (Å²) in [4.78, 5) is 9.10. The first-order valence-corrected chi connectivity index (χ1v) is 8.36. The van der Waals surface area contributed by atoms with Gasteiger partial charge < -0.3 is 10.4 Å². The van der Waals surface area contributed by atoms with E-state index in [-0.39, 0.29) is 0 Å². The van der Waals surface area contributed by atoms with Crippen LogP contribution in [0.2, 0.25) is 0 Å². The van der Waals surface area contributed by atoms with Gasteiger partial charge in [0.25, 0.3) is 0 Å². The second-order valence-corrected chi connectivity index (χ2v) is 6.67. The number of thiophene rings is 1. The molecule has 21 heavy (non-hydrogen) atoms. The molecule has 0 aliphatic heterocycles. The molecular formula is C16H21N3OS. The van der Waals surface area contributed by atoms with Crippen molar-refractivity contribution in [2.24, 2.45) is 0 Å². The molecule has 0 aromatic carbocycles. The maximum Gasteiger partial charge on any atom is 0.133 e. The Kier molecular flexibility index (Phi) is 3.95. The Morgan fingerprint density at radius 2 is 2.14 bits per heavy atom. The highest BCUT2D eigenvalue weighted by Gasteiger charge is 2.25. The van der Waals surface area contributed by atoms with Crippen molar-refractivity contribution < 1.29 is 5.11 Å². The number of aliphatic hydroxyl groups is 1.